The molecule has 1 fully saturated rings. The van der Waals surface area contributed by atoms with Gasteiger partial charge in [-0.25, -0.2) is 17.9 Å². The van der Waals surface area contributed by atoms with E-state index in [1.807, 2.05) is 43.3 Å². The lowest BCUT2D eigenvalue weighted by molar-refractivity contribution is 0.206. The van der Waals surface area contributed by atoms with E-state index in [0.717, 1.165) is 35.4 Å². The fourth-order valence-corrected chi connectivity index (χ4v) is 5.55. The van der Waals surface area contributed by atoms with Gasteiger partial charge in [0.1, 0.15) is 0 Å². The van der Waals surface area contributed by atoms with Crippen LogP contribution >= 0.6 is 0 Å². The Bertz CT molecular complexity index is 1360. The van der Waals surface area contributed by atoms with Crippen LogP contribution in [-0.4, -0.2) is 56.6 Å². The quantitative estimate of drug-likeness (QED) is 0.465. The van der Waals surface area contributed by atoms with Gasteiger partial charge >= 0.3 is 6.03 Å². The van der Waals surface area contributed by atoms with Crippen LogP contribution in [0.25, 0.3) is 10.9 Å². The SMILES string of the molecule is Cc1cc(NC(=O)NCCN2CCC(NS(=O)(=O)c3cccc(C#N)c3)CC2)c2ccccc2n1. The third-order valence-corrected chi connectivity index (χ3v) is 7.51. The van der Waals surface area contributed by atoms with Gasteiger partial charge in [0.15, 0.2) is 0 Å². The molecule has 0 bridgehead atoms. The monoisotopic (exact) mass is 492 g/mol. The lowest BCUT2D eigenvalue weighted by Gasteiger charge is -2.32. The molecule has 4 rings (SSSR count). The fraction of sp³-hybridized carbons (Fsp3) is 0.320. The molecule has 2 heterocycles. The van der Waals surface area contributed by atoms with E-state index in [4.69, 9.17) is 5.26 Å². The van der Waals surface area contributed by atoms with Crippen LogP contribution in [0.5, 0.6) is 0 Å². The summed E-state index contributed by atoms with van der Waals surface area (Å²) in [6.07, 6.45) is 1.34. The zero-order valence-corrected chi connectivity index (χ0v) is 20.3. The number of nitrogens with one attached hydrogen (secondary N) is 3. The van der Waals surface area contributed by atoms with Crippen molar-refractivity contribution < 1.29 is 13.2 Å². The van der Waals surface area contributed by atoms with Gasteiger partial charge in [0.05, 0.1) is 27.7 Å². The maximum Gasteiger partial charge on any atom is 0.319 e. The van der Waals surface area contributed by atoms with Gasteiger partial charge in [-0.15, -0.1) is 0 Å². The van der Waals surface area contributed by atoms with Crippen LogP contribution in [-0.2, 0) is 10.0 Å². The number of amides is 2. The van der Waals surface area contributed by atoms with Gasteiger partial charge in [-0.05, 0) is 63.2 Å². The van der Waals surface area contributed by atoms with E-state index in [2.05, 4.69) is 25.2 Å². The lowest BCUT2D eigenvalue weighted by atomic mass is 10.1. The number of aryl methyl sites for hydroxylation is 1. The Morgan fingerprint density at radius 3 is 2.69 bits per heavy atom. The number of piperidine rings is 1. The molecule has 35 heavy (non-hydrogen) atoms. The second-order valence-corrected chi connectivity index (χ2v) is 10.3. The van der Waals surface area contributed by atoms with Crippen molar-refractivity contribution in [3.05, 3.63) is 65.9 Å². The average molecular weight is 493 g/mol. The van der Waals surface area contributed by atoms with E-state index in [-0.39, 0.29) is 17.0 Å². The summed E-state index contributed by atoms with van der Waals surface area (Å²) >= 11 is 0. The Kier molecular flexibility index (Phi) is 7.60. The number of aromatic nitrogens is 1. The number of urea groups is 1. The molecule has 1 aliphatic rings. The third kappa shape index (κ3) is 6.33. The van der Waals surface area contributed by atoms with Gasteiger partial charge in [0.2, 0.25) is 10.0 Å². The molecule has 1 aromatic heterocycles. The molecule has 0 saturated carbocycles. The van der Waals surface area contributed by atoms with Crippen LogP contribution in [0.1, 0.15) is 24.1 Å². The number of likely N-dealkylation sites (tertiary alicyclic amines) is 1. The second-order valence-electron chi connectivity index (χ2n) is 8.59. The van der Waals surface area contributed by atoms with Crippen LogP contribution in [0, 0.1) is 18.3 Å². The smallest absolute Gasteiger partial charge is 0.319 e. The number of hydrogen-bond acceptors (Lipinski definition) is 6. The normalized spacial score (nSPS) is 15.0. The molecule has 3 aromatic rings. The first kappa shape index (κ1) is 24.6. The van der Waals surface area contributed by atoms with Crippen molar-refractivity contribution in [1.82, 2.24) is 19.9 Å². The first-order valence-corrected chi connectivity index (χ1v) is 13.0. The second kappa shape index (κ2) is 10.8. The predicted molar refractivity (Wildman–Crippen MR) is 134 cm³/mol. The maximum absolute atomic E-state index is 12.7. The van der Waals surface area contributed by atoms with Gasteiger partial charge in [0, 0.05) is 30.2 Å². The van der Waals surface area contributed by atoms with E-state index >= 15 is 0 Å². The summed E-state index contributed by atoms with van der Waals surface area (Å²) in [4.78, 5) is 19.2. The molecule has 1 aliphatic heterocycles. The molecule has 3 N–H and O–H groups in total. The molecule has 10 heteroatoms. The largest absolute Gasteiger partial charge is 0.337 e. The molecule has 2 amide bonds. The van der Waals surface area contributed by atoms with Crippen molar-refractivity contribution in [2.24, 2.45) is 0 Å². The molecule has 0 radical (unpaired) electrons. The summed E-state index contributed by atoms with van der Waals surface area (Å²) in [5.74, 6) is 0. The highest BCUT2D eigenvalue weighted by Crippen LogP contribution is 2.22. The minimum Gasteiger partial charge on any atom is -0.337 e. The molecular formula is C25H28N6O3S. The molecule has 0 spiro atoms. The summed E-state index contributed by atoms with van der Waals surface area (Å²) < 4.78 is 28.1. The van der Waals surface area contributed by atoms with Crippen molar-refractivity contribution in [3.63, 3.8) is 0 Å². The van der Waals surface area contributed by atoms with E-state index < -0.39 is 10.0 Å². The Hall–Kier alpha value is -3.52. The Balaban J connectivity index is 1.22. The Labute approximate surface area is 205 Å². The topological polar surface area (TPSA) is 127 Å². The Morgan fingerprint density at radius 1 is 1.14 bits per heavy atom. The van der Waals surface area contributed by atoms with E-state index in [1.165, 1.54) is 12.1 Å². The van der Waals surface area contributed by atoms with Gasteiger partial charge in [0.25, 0.3) is 0 Å². The number of para-hydroxylation sites is 1. The minimum atomic E-state index is -3.68. The number of carbonyl (C=O) groups is 1. The molecule has 0 aliphatic carbocycles. The zero-order chi connectivity index (χ0) is 24.8. The number of nitrogens with zero attached hydrogens (tertiary/aromatic N) is 3. The fourth-order valence-electron chi connectivity index (χ4n) is 4.20. The van der Waals surface area contributed by atoms with Crippen molar-refractivity contribution in [3.8, 4) is 6.07 Å². The standard InChI is InChI=1S/C25H28N6O3S/c1-18-15-24(22-7-2-3-8-23(22)28-18)29-25(32)27-11-14-31-12-9-20(10-13-31)30-35(33,34)21-6-4-5-19(16-21)17-26/h2-8,15-16,20,30H,9-14H2,1H3,(H2,27,28,29,32). The van der Waals surface area contributed by atoms with Gasteiger partial charge < -0.3 is 15.5 Å². The highest BCUT2D eigenvalue weighted by Gasteiger charge is 2.24. The predicted octanol–water partition coefficient (Wildman–Crippen LogP) is 2.98. The zero-order valence-electron chi connectivity index (χ0n) is 19.5. The van der Waals surface area contributed by atoms with Crippen molar-refractivity contribution in [2.75, 3.05) is 31.5 Å². The summed E-state index contributed by atoms with van der Waals surface area (Å²) in [6.45, 7) is 4.49. The van der Waals surface area contributed by atoms with Crippen molar-refractivity contribution in [2.45, 2.75) is 30.7 Å². The number of hydrogen-bond donors (Lipinski definition) is 3. The van der Waals surface area contributed by atoms with Gasteiger partial charge in [-0.1, -0.05) is 24.3 Å². The van der Waals surface area contributed by atoms with Gasteiger partial charge in [-0.2, -0.15) is 5.26 Å². The molecule has 182 valence electrons. The van der Waals surface area contributed by atoms with Crippen molar-refractivity contribution in [1.29, 1.82) is 5.26 Å². The molecule has 9 nitrogen and oxygen atoms in total. The molecular weight excluding hydrogens is 464 g/mol. The number of nitriles is 1. The van der Waals surface area contributed by atoms with Crippen LogP contribution in [0.3, 0.4) is 0 Å². The third-order valence-electron chi connectivity index (χ3n) is 5.99. The molecule has 1 saturated heterocycles. The summed E-state index contributed by atoms with van der Waals surface area (Å²) in [5, 5.41) is 15.7. The summed E-state index contributed by atoms with van der Waals surface area (Å²) in [6, 6.07) is 17.1. The average Bonchev–Trinajstić information content (AvgIpc) is 2.85. The first-order valence-electron chi connectivity index (χ1n) is 11.5. The number of benzene rings is 2. The van der Waals surface area contributed by atoms with E-state index in [9.17, 15) is 13.2 Å². The number of fused-ring (bicyclic) bond motifs is 1. The summed E-state index contributed by atoms with van der Waals surface area (Å²) in [5.41, 5.74) is 2.69. The number of rotatable bonds is 7. The Morgan fingerprint density at radius 2 is 1.91 bits per heavy atom. The van der Waals surface area contributed by atoms with Crippen molar-refractivity contribution >= 4 is 32.6 Å². The number of sulfonamides is 1. The number of anilines is 1. The van der Waals surface area contributed by atoms with Crippen LogP contribution in [0.15, 0.2) is 59.5 Å². The maximum atomic E-state index is 12.7. The van der Waals surface area contributed by atoms with Crippen LogP contribution < -0.4 is 15.4 Å². The highest BCUT2D eigenvalue weighted by molar-refractivity contribution is 7.89. The van der Waals surface area contributed by atoms with Gasteiger partial charge in [-0.3, -0.25) is 4.98 Å². The molecule has 0 unspecified atom stereocenters. The molecule has 0 atom stereocenters. The number of carbonyl (C=O) groups excluding carboxylic acids is 1. The first-order chi connectivity index (χ1) is 16.8. The van der Waals surface area contributed by atoms with Crippen LogP contribution in [0.2, 0.25) is 0 Å². The van der Waals surface area contributed by atoms with E-state index in [1.54, 1.807) is 12.1 Å². The van der Waals surface area contributed by atoms with E-state index in [0.29, 0.717) is 31.5 Å². The highest BCUT2D eigenvalue weighted by atomic mass is 32.2. The molecule has 2 aromatic carbocycles. The van der Waals surface area contributed by atoms with Crippen LogP contribution in [0.4, 0.5) is 10.5 Å². The minimum absolute atomic E-state index is 0.103. The summed E-state index contributed by atoms with van der Waals surface area (Å²) in [7, 11) is -3.68. The lowest BCUT2D eigenvalue weighted by Crippen LogP contribution is -2.46. The number of pyridine rings is 1.